The highest BCUT2D eigenvalue weighted by Gasteiger charge is 2.12. The Morgan fingerprint density at radius 1 is 1.26 bits per heavy atom. The van der Waals surface area contributed by atoms with Crippen LogP contribution in [0.2, 0.25) is 5.02 Å². The van der Waals surface area contributed by atoms with Crippen LogP contribution in [-0.2, 0) is 0 Å². The van der Waals surface area contributed by atoms with E-state index in [9.17, 15) is 9.59 Å². The lowest BCUT2D eigenvalue weighted by atomic mass is 10.1. The summed E-state index contributed by atoms with van der Waals surface area (Å²) in [6.45, 7) is 5.96. The highest BCUT2D eigenvalue weighted by atomic mass is 35.5. The van der Waals surface area contributed by atoms with Crippen molar-refractivity contribution in [3.05, 3.63) is 28.8 Å². The summed E-state index contributed by atoms with van der Waals surface area (Å²) < 4.78 is 0. The number of anilines is 1. The van der Waals surface area contributed by atoms with Crippen LogP contribution < -0.4 is 16.4 Å². The molecule has 104 valence electrons. The lowest BCUT2D eigenvalue weighted by molar-refractivity contribution is 0.100. The number of halogens is 1. The molecule has 1 aromatic carbocycles. The summed E-state index contributed by atoms with van der Waals surface area (Å²) in [7, 11) is 0. The maximum atomic E-state index is 11.7. The van der Waals surface area contributed by atoms with Gasteiger partial charge in [-0.2, -0.15) is 0 Å². The van der Waals surface area contributed by atoms with Gasteiger partial charge in [0.05, 0.1) is 10.6 Å². The highest BCUT2D eigenvalue weighted by Crippen LogP contribution is 2.20. The van der Waals surface area contributed by atoms with Gasteiger partial charge in [-0.15, -0.1) is 0 Å². The molecule has 6 heteroatoms. The van der Waals surface area contributed by atoms with Crippen molar-refractivity contribution in [2.45, 2.75) is 26.8 Å². The fraction of sp³-hybridized carbons (Fsp3) is 0.385. The van der Waals surface area contributed by atoms with Crippen LogP contribution in [0.4, 0.5) is 10.5 Å². The summed E-state index contributed by atoms with van der Waals surface area (Å²) in [6.07, 6.45) is 0. The van der Waals surface area contributed by atoms with Crippen molar-refractivity contribution in [3.63, 3.8) is 0 Å². The summed E-state index contributed by atoms with van der Waals surface area (Å²) in [6, 6.07) is 4.28. The SMILES string of the molecule is CC(C)C(C)NC(=O)Nc1ccc(C(N)=O)c(Cl)c1. The Hall–Kier alpha value is -1.75. The summed E-state index contributed by atoms with van der Waals surface area (Å²) in [4.78, 5) is 22.7. The van der Waals surface area contributed by atoms with E-state index in [0.29, 0.717) is 11.6 Å². The van der Waals surface area contributed by atoms with E-state index in [1.54, 1.807) is 6.07 Å². The smallest absolute Gasteiger partial charge is 0.319 e. The van der Waals surface area contributed by atoms with E-state index in [2.05, 4.69) is 10.6 Å². The minimum Gasteiger partial charge on any atom is -0.366 e. The normalized spacial score (nSPS) is 12.1. The molecule has 5 nitrogen and oxygen atoms in total. The van der Waals surface area contributed by atoms with Crippen molar-refractivity contribution in [1.82, 2.24) is 5.32 Å². The lowest BCUT2D eigenvalue weighted by Crippen LogP contribution is -2.39. The number of hydrogen-bond acceptors (Lipinski definition) is 2. The van der Waals surface area contributed by atoms with Gasteiger partial charge in [0.15, 0.2) is 0 Å². The Balaban J connectivity index is 2.70. The molecule has 19 heavy (non-hydrogen) atoms. The van der Waals surface area contributed by atoms with Crippen LogP contribution in [0.3, 0.4) is 0 Å². The number of urea groups is 1. The fourth-order valence-electron chi connectivity index (χ4n) is 1.33. The van der Waals surface area contributed by atoms with Gasteiger partial charge in [0, 0.05) is 11.7 Å². The summed E-state index contributed by atoms with van der Waals surface area (Å²) in [5.41, 5.74) is 5.87. The third-order valence-electron chi connectivity index (χ3n) is 2.85. The quantitative estimate of drug-likeness (QED) is 0.793. The van der Waals surface area contributed by atoms with Crippen LogP contribution in [0.5, 0.6) is 0 Å². The van der Waals surface area contributed by atoms with Crippen molar-refractivity contribution < 1.29 is 9.59 Å². The van der Waals surface area contributed by atoms with Crippen LogP contribution in [0.1, 0.15) is 31.1 Å². The van der Waals surface area contributed by atoms with Crippen molar-refractivity contribution in [3.8, 4) is 0 Å². The molecule has 0 saturated heterocycles. The number of nitrogens with two attached hydrogens (primary N) is 1. The number of benzene rings is 1. The molecule has 0 aliphatic carbocycles. The average molecular weight is 284 g/mol. The molecule has 3 amide bonds. The Morgan fingerprint density at radius 2 is 1.89 bits per heavy atom. The fourth-order valence-corrected chi connectivity index (χ4v) is 1.61. The first kappa shape index (κ1) is 15.3. The second kappa shape index (κ2) is 6.43. The van der Waals surface area contributed by atoms with E-state index >= 15 is 0 Å². The first-order valence-corrected chi connectivity index (χ1v) is 6.36. The van der Waals surface area contributed by atoms with Gasteiger partial charge in [-0.1, -0.05) is 25.4 Å². The van der Waals surface area contributed by atoms with Gasteiger partial charge in [0.25, 0.3) is 0 Å². The zero-order valence-electron chi connectivity index (χ0n) is 11.2. The van der Waals surface area contributed by atoms with E-state index in [1.165, 1.54) is 12.1 Å². The molecule has 0 bridgehead atoms. The second-order valence-corrected chi connectivity index (χ2v) is 5.10. The minimum absolute atomic E-state index is 0.0559. The molecule has 1 atom stereocenters. The largest absolute Gasteiger partial charge is 0.366 e. The van der Waals surface area contributed by atoms with E-state index < -0.39 is 5.91 Å². The van der Waals surface area contributed by atoms with Gasteiger partial charge in [-0.3, -0.25) is 4.79 Å². The van der Waals surface area contributed by atoms with Gasteiger partial charge in [0.2, 0.25) is 5.91 Å². The average Bonchev–Trinajstić information content (AvgIpc) is 2.27. The van der Waals surface area contributed by atoms with E-state index in [-0.39, 0.29) is 22.7 Å². The standard InChI is InChI=1S/C13H18ClN3O2/c1-7(2)8(3)16-13(19)17-9-4-5-10(12(15)18)11(14)6-9/h4-8H,1-3H3,(H2,15,18)(H2,16,17,19). The van der Waals surface area contributed by atoms with Gasteiger partial charge in [-0.25, -0.2) is 4.79 Å². The van der Waals surface area contributed by atoms with Crippen LogP contribution in [0.15, 0.2) is 18.2 Å². The number of hydrogen-bond donors (Lipinski definition) is 3. The van der Waals surface area contributed by atoms with Crippen molar-refractivity contribution in [1.29, 1.82) is 0 Å². The molecule has 1 unspecified atom stereocenters. The molecule has 0 heterocycles. The Kier molecular flexibility index (Phi) is 5.18. The first-order chi connectivity index (χ1) is 8.81. The highest BCUT2D eigenvalue weighted by molar-refractivity contribution is 6.34. The molecular weight excluding hydrogens is 266 g/mol. The molecule has 0 radical (unpaired) electrons. The summed E-state index contributed by atoms with van der Waals surface area (Å²) in [5.74, 6) is -0.263. The van der Waals surface area contributed by atoms with Crippen molar-refractivity contribution in [2.75, 3.05) is 5.32 Å². The van der Waals surface area contributed by atoms with E-state index in [0.717, 1.165) is 0 Å². The predicted molar refractivity (Wildman–Crippen MR) is 76.4 cm³/mol. The van der Waals surface area contributed by atoms with Crippen LogP contribution in [0.25, 0.3) is 0 Å². The maximum absolute atomic E-state index is 11.7. The monoisotopic (exact) mass is 283 g/mol. The number of primary amides is 1. The zero-order valence-corrected chi connectivity index (χ0v) is 11.9. The third-order valence-corrected chi connectivity index (χ3v) is 3.16. The molecule has 4 N–H and O–H groups in total. The van der Waals surface area contributed by atoms with Crippen LogP contribution >= 0.6 is 11.6 Å². The molecule has 0 aliphatic rings. The number of carbonyl (C=O) groups excluding carboxylic acids is 2. The summed E-state index contributed by atoms with van der Waals surface area (Å²) >= 11 is 5.89. The Labute approximate surface area is 117 Å². The predicted octanol–water partition coefficient (Wildman–Crippen LogP) is 2.60. The molecule has 1 rings (SSSR count). The first-order valence-electron chi connectivity index (χ1n) is 5.98. The molecule has 1 aromatic rings. The molecule has 0 saturated carbocycles. The maximum Gasteiger partial charge on any atom is 0.319 e. The Morgan fingerprint density at radius 3 is 2.37 bits per heavy atom. The van der Waals surface area contributed by atoms with E-state index in [4.69, 9.17) is 17.3 Å². The molecule has 0 aliphatic heterocycles. The number of carbonyl (C=O) groups is 2. The second-order valence-electron chi connectivity index (χ2n) is 4.69. The lowest BCUT2D eigenvalue weighted by Gasteiger charge is -2.18. The number of amides is 3. The van der Waals surface area contributed by atoms with Crippen molar-refractivity contribution in [2.24, 2.45) is 11.7 Å². The molecular formula is C13H18ClN3O2. The van der Waals surface area contributed by atoms with Crippen molar-refractivity contribution >= 4 is 29.2 Å². The van der Waals surface area contributed by atoms with Gasteiger partial charge in [-0.05, 0) is 31.0 Å². The van der Waals surface area contributed by atoms with E-state index in [1.807, 2.05) is 20.8 Å². The van der Waals surface area contributed by atoms with Gasteiger partial charge in [0.1, 0.15) is 0 Å². The molecule has 0 aromatic heterocycles. The Bertz CT molecular complexity index is 489. The number of rotatable bonds is 4. The molecule has 0 fully saturated rings. The number of nitrogens with one attached hydrogen (secondary N) is 2. The third kappa shape index (κ3) is 4.44. The topological polar surface area (TPSA) is 84.2 Å². The minimum atomic E-state index is -0.602. The summed E-state index contributed by atoms with van der Waals surface area (Å²) in [5, 5.41) is 5.66. The van der Waals surface area contributed by atoms with Crippen LogP contribution in [0, 0.1) is 5.92 Å². The zero-order chi connectivity index (χ0) is 14.6. The van der Waals surface area contributed by atoms with Gasteiger partial charge >= 0.3 is 6.03 Å². The van der Waals surface area contributed by atoms with Crippen LogP contribution in [-0.4, -0.2) is 18.0 Å². The molecule has 0 spiro atoms. The van der Waals surface area contributed by atoms with Gasteiger partial charge < -0.3 is 16.4 Å².